The number of benzene rings is 1. The van der Waals surface area contributed by atoms with Gasteiger partial charge in [-0.2, -0.15) is 0 Å². The molecule has 0 unspecified atom stereocenters. The van der Waals surface area contributed by atoms with Gasteiger partial charge in [-0.3, -0.25) is 14.5 Å². The van der Waals surface area contributed by atoms with Crippen LogP contribution in [0.15, 0.2) is 18.2 Å². The Morgan fingerprint density at radius 3 is 2.70 bits per heavy atom. The summed E-state index contributed by atoms with van der Waals surface area (Å²) in [5.41, 5.74) is 0.777. The molecule has 0 spiro atoms. The number of amides is 1. The van der Waals surface area contributed by atoms with Crippen molar-refractivity contribution in [1.29, 1.82) is 0 Å². The second-order valence-corrected chi connectivity index (χ2v) is 7.90. The average Bonchev–Trinajstić information content (AvgIpc) is 3.37. The Kier molecular flexibility index (Phi) is 6.60. The molecule has 1 aromatic carbocycles. The minimum Gasteiger partial charge on any atom is -0.492 e. The molecule has 1 aromatic rings. The Bertz CT molecular complexity index is 687. The largest absolute Gasteiger partial charge is 0.492 e. The molecular formula is C20H27ClN2O4. The van der Waals surface area contributed by atoms with Gasteiger partial charge in [0.1, 0.15) is 5.75 Å². The summed E-state index contributed by atoms with van der Waals surface area (Å²) in [5, 5.41) is 12.7. The van der Waals surface area contributed by atoms with Crippen LogP contribution in [0.5, 0.6) is 5.75 Å². The van der Waals surface area contributed by atoms with Crippen LogP contribution >= 0.6 is 11.6 Å². The van der Waals surface area contributed by atoms with E-state index in [2.05, 4.69) is 10.2 Å². The number of hydrogen-bond acceptors (Lipinski definition) is 4. The Balaban J connectivity index is 1.49. The molecule has 2 saturated carbocycles. The van der Waals surface area contributed by atoms with E-state index in [0.29, 0.717) is 23.3 Å². The van der Waals surface area contributed by atoms with Crippen LogP contribution in [0.25, 0.3) is 0 Å². The molecule has 0 bridgehead atoms. The SMILES string of the molecule is CCOc1c(Cl)cccc1CC(=O)NC1CC(N(CC(=O)O)CC2CC2)C1. The molecule has 0 heterocycles. The highest BCUT2D eigenvalue weighted by Gasteiger charge is 2.37. The number of para-hydroxylation sites is 1. The van der Waals surface area contributed by atoms with Crippen molar-refractivity contribution < 1.29 is 19.4 Å². The number of carbonyl (C=O) groups excluding carboxylic acids is 1. The summed E-state index contributed by atoms with van der Waals surface area (Å²) >= 11 is 6.17. The molecule has 2 aliphatic rings. The maximum absolute atomic E-state index is 12.4. The van der Waals surface area contributed by atoms with E-state index >= 15 is 0 Å². The van der Waals surface area contributed by atoms with Crippen molar-refractivity contribution in [3.05, 3.63) is 28.8 Å². The molecule has 0 saturated heterocycles. The lowest BCUT2D eigenvalue weighted by Crippen LogP contribution is -2.55. The molecule has 7 heteroatoms. The minimum absolute atomic E-state index is 0.0614. The van der Waals surface area contributed by atoms with Crippen LogP contribution in [0, 0.1) is 5.92 Å². The van der Waals surface area contributed by atoms with Gasteiger partial charge in [-0.1, -0.05) is 23.7 Å². The van der Waals surface area contributed by atoms with Gasteiger partial charge in [0.05, 0.1) is 24.6 Å². The number of nitrogens with zero attached hydrogens (tertiary/aromatic N) is 1. The number of nitrogens with one attached hydrogen (secondary N) is 1. The lowest BCUT2D eigenvalue weighted by molar-refractivity contribution is -0.140. The molecule has 148 valence electrons. The van der Waals surface area contributed by atoms with Gasteiger partial charge in [-0.25, -0.2) is 0 Å². The molecule has 0 aromatic heterocycles. The molecule has 0 radical (unpaired) electrons. The van der Waals surface area contributed by atoms with E-state index < -0.39 is 5.97 Å². The zero-order valence-corrected chi connectivity index (χ0v) is 16.4. The Labute approximate surface area is 164 Å². The van der Waals surface area contributed by atoms with E-state index in [0.717, 1.165) is 24.9 Å². The van der Waals surface area contributed by atoms with Gasteiger partial charge in [-0.05, 0) is 44.6 Å². The first-order valence-corrected chi connectivity index (χ1v) is 9.99. The number of rotatable bonds is 10. The van der Waals surface area contributed by atoms with E-state index in [4.69, 9.17) is 21.4 Å². The number of carbonyl (C=O) groups is 2. The van der Waals surface area contributed by atoms with Gasteiger partial charge < -0.3 is 15.2 Å². The van der Waals surface area contributed by atoms with E-state index in [1.54, 1.807) is 6.07 Å². The van der Waals surface area contributed by atoms with Crippen LogP contribution in [0.2, 0.25) is 5.02 Å². The topological polar surface area (TPSA) is 78.9 Å². The molecule has 3 rings (SSSR count). The van der Waals surface area contributed by atoms with E-state index in [1.807, 2.05) is 19.1 Å². The van der Waals surface area contributed by atoms with Crippen molar-refractivity contribution in [2.24, 2.45) is 5.92 Å². The summed E-state index contributed by atoms with van der Waals surface area (Å²) in [4.78, 5) is 25.6. The molecule has 2 aliphatic carbocycles. The van der Waals surface area contributed by atoms with Gasteiger partial charge in [0.2, 0.25) is 5.91 Å². The maximum atomic E-state index is 12.4. The molecule has 0 aliphatic heterocycles. The molecule has 6 nitrogen and oxygen atoms in total. The maximum Gasteiger partial charge on any atom is 0.317 e. The number of ether oxygens (including phenoxy) is 1. The molecule has 0 atom stereocenters. The normalized spacial score (nSPS) is 21.6. The van der Waals surface area contributed by atoms with Gasteiger partial charge in [0, 0.05) is 24.2 Å². The van der Waals surface area contributed by atoms with Crippen LogP contribution in [-0.2, 0) is 16.0 Å². The lowest BCUT2D eigenvalue weighted by Gasteiger charge is -2.42. The zero-order valence-electron chi connectivity index (χ0n) is 15.6. The molecule has 27 heavy (non-hydrogen) atoms. The Morgan fingerprint density at radius 1 is 1.33 bits per heavy atom. The fraction of sp³-hybridized carbons (Fsp3) is 0.600. The Hall–Kier alpha value is -1.79. The van der Waals surface area contributed by atoms with Crippen LogP contribution in [-0.4, -0.2) is 53.7 Å². The predicted molar refractivity (Wildman–Crippen MR) is 103 cm³/mol. The quantitative estimate of drug-likeness (QED) is 0.638. The fourth-order valence-electron chi connectivity index (χ4n) is 3.60. The summed E-state index contributed by atoms with van der Waals surface area (Å²) in [6.07, 6.45) is 4.23. The molecule has 2 fully saturated rings. The predicted octanol–water partition coefficient (Wildman–Crippen LogP) is 2.73. The van der Waals surface area contributed by atoms with Crippen LogP contribution in [0.4, 0.5) is 0 Å². The van der Waals surface area contributed by atoms with Crippen molar-refractivity contribution >= 4 is 23.5 Å². The number of hydrogen-bond donors (Lipinski definition) is 2. The lowest BCUT2D eigenvalue weighted by atomic mass is 9.85. The average molecular weight is 395 g/mol. The number of aliphatic carboxylic acids is 1. The Morgan fingerprint density at radius 2 is 2.07 bits per heavy atom. The second-order valence-electron chi connectivity index (χ2n) is 7.49. The second kappa shape index (κ2) is 8.93. The van der Waals surface area contributed by atoms with Crippen molar-refractivity contribution in [3.8, 4) is 5.75 Å². The van der Waals surface area contributed by atoms with Crippen molar-refractivity contribution in [2.75, 3.05) is 19.7 Å². The van der Waals surface area contributed by atoms with Gasteiger partial charge >= 0.3 is 5.97 Å². The van der Waals surface area contributed by atoms with Crippen LogP contribution in [0.3, 0.4) is 0 Å². The van der Waals surface area contributed by atoms with Gasteiger partial charge in [0.25, 0.3) is 0 Å². The minimum atomic E-state index is -0.785. The monoisotopic (exact) mass is 394 g/mol. The van der Waals surface area contributed by atoms with E-state index in [9.17, 15) is 9.59 Å². The number of carboxylic acids is 1. The summed E-state index contributed by atoms with van der Waals surface area (Å²) in [6, 6.07) is 5.77. The van der Waals surface area contributed by atoms with Gasteiger partial charge in [-0.15, -0.1) is 0 Å². The molecule has 2 N–H and O–H groups in total. The van der Waals surface area contributed by atoms with Crippen LogP contribution < -0.4 is 10.1 Å². The fourth-order valence-corrected chi connectivity index (χ4v) is 3.85. The van der Waals surface area contributed by atoms with Crippen molar-refractivity contribution in [3.63, 3.8) is 0 Å². The first-order chi connectivity index (χ1) is 13.0. The standard InChI is InChI=1S/C20H27ClN2O4/c1-2-27-20-14(4-3-5-17(20)21)8-18(24)22-15-9-16(10-15)23(12-19(25)26)11-13-6-7-13/h3-5,13,15-16H,2,6-12H2,1H3,(H,22,24)(H,25,26). The summed E-state index contributed by atoms with van der Waals surface area (Å²) < 4.78 is 5.57. The molecular weight excluding hydrogens is 368 g/mol. The highest BCUT2D eigenvalue weighted by Crippen LogP contribution is 2.34. The van der Waals surface area contributed by atoms with E-state index in [1.165, 1.54) is 12.8 Å². The highest BCUT2D eigenvalue weighted by atomic mass is 35.5. The smallest absolute Gasteiger partial charge is 0.317 e. The number of carboxylic acid groups (broad SMARTS) is 1. The van der Waals surface area contributed by atoms with Crippen molar-refractivity contribution in [1.82, 2.24) is 10.2 Å². The summed E-state index contributed by atoms with van der Waals surface area (Å²) in [5.74, 6) is 0.374. The van der Waals surface area contributed by atoms with Gasteiger partial charge in [0.15, 0.2) is 0 Å². The van der Waals surface area contributed by atoms with Crippen molar-refractivity contribution in [2.45, 2.75) is 51.1 Å². The third-order valence-electron chi connectivity index (χ3n) is 5.21. The summed E-state index contributed by atoms with van der Waals surface area (Å²) in [6.45, 7) is 3.31. The van der Waals surface area contributed by atoms with E-state index in [-0.39, 0.29) is 31.0 Å². The molecule has 1 amide bonds. The zero-order chi connectivity index (χ0) is 19.4. The summed E-state index contributed by atoms with van der Waals surface area (Å²) in [7, 11) is 0. The third-order valence-corrected chi connectivity index (χ3v) is 5.51. The first-order valence-electron chi connectivity index (χ1n) is 9.61. The highest BCUT2D eigenvalue weighted by molar-refractivity contribution is 6.32. The van der Waals surface area contributed by atoms with Crippen LogP contribution in [0.1, 0.15) is 38.2 Å². The number of halogens is 1. The first kappa shape index (κ1) is 20.0. The third kappa shape index (κ3) is 5.59.